The van der Waals surface area contributed by atoms with Gasteiger partial charge in [-0.05, 0) is 73.4 Å². The van der Waals surface area contributed by atoms with Crippen molar-refractivity contribution in [3.63, 3.8) is 0 Å². The molecule has 0 fully saturated rings. The molecule has 0 aliphatic carbocycles. The monoisotopic (exact) mass is 443 g/mol. The molecule has 3 aromatic rings. The van der Waals surface area contributed by atoms with Crippen LogP contribution in [0.4, 0.5) is 0 Å². The average molecular weight is 444 g/mol. The Balaban J connectivity index is 1.48. The van der Waals surface area contributed by atoms with Crippen molar-refractivity contribution in [1.29, 1.82) is 0 Å². The number of carbonyl (C=O) groups excluding carboxylic acids is 1. The molecule has 4 rings (SSSR count). The fourth-order valence-corrected chi connectivity index (χ4v) is 4.14. The largest absolute Gasteiger partial charge is 0.493 e. The van der Waals surface area contributed by atoms with Gasteiger partial charge in [-0.2, -0.15) is 0 Å². The summed E-state index contributed by atoms with van der Waals surface area (Å²) in [6.45, 7) is 3.49. The molecule has 1 aliphatic rings. The quantitative estimate of drug-likeness (QED) is 0.455. The van der Waals surface area contributed by atoms with Gasteiger partial charge in [0.05, 0.1) is 14.2 Å². The van der Waals surface area contributed by atoms with Gasteiger partial charge in [0.25, 0.3) is 5.91 Å². The van der Waals surface area contributed by atoms with Gasteiger partial charge in [-0.15, -0.1) is 0 Å². The summed E-state index contributed by atoms with van der Waals surface area (Å²) < 4.78 is 16.8. The molecule has 1 heterocycles. The van der Waals surface area contributed by atoms with Gasteiger partial charge in [-0.3, -0.25) is 4.79 Å². The molecule has 3 aromatic carbocycles. The van der Waals surface area contributed by atoms with Crippen LogP contribution in [0.2, 0.25) is 0 Å². The highest BCUT2D eigenvalue weighted by Crippen LogP contribution is 2.34. The SMILES string of the molecule is COc1ccc(C2=C(C)CCN(C(=O)c3cccc(Oc4ccccc4)c3)CC2)cc1OC. The molecule has 5 nitrogen and oxygen atoms in total. The molecule has 1 amide bonds. The van der Waals surface area contributed by atoms with Gasteiger partial charge < -0.3 is 19.1 Å². The van der Waals surface area contributed by atoms with Crippen LogP contribution >= 0.6 is 0 Å². The summed E-state index contributed by atoms with van der Waals surface area (Å²) >= 11 is 0. The zero-order valence-electron chi connectivity index (χ0n) is 19.3. The second-order valence-electron chi connectivity index (χ2n) is 8.06. The first-order valence-electron chi connectivity index (χ1n) is 11.1. The van der Waals surface area contributed by atoms with Gasteiger partial charge >= 0.3 is 0 Å². The van der Waals surface area contributed by atoms with Crippen molar-refractivity contribution >= 4 is 11.5 Å². The number of rotatable bonds is 6. The maximum absolute atomic E-state index is 13.3. The summed E-state index contributed by atoms with van der Waals surface area (Å²) in [5.74, 6) is 2.85. The first kappa shape index (κ1) is 22.5. The van der Waals surface area contributed by atoms with Crippen LogP contribution in [-0.4, -0.2) is 38.1 Å². The van der Waals surface area contributed by atoms with Crippen molar-refractivity contribution in [3.8, 4) is 23.0 Å². The third-order valence-electron chi connectivity index (χ3n) is 5.98. The van der Waals surface area contributed by atoms with E-state index in [-0.39, 0.29) is 5.91 Å². The van der Waals surface area contributed by atoms with Crippen molar-refractivity contribution in [1.82, 2.24) is 4.90 Å². The molecule has 0 bridgehead atoms. The summed E-state index contributed by atoms with van der Waals surface area (Å²) in [4.78, 5) is 15.2. The second kappa shape index (κ2) is 10.3. The lowest BCUT2D eigenvalue weighted by molar-refractivity contribution is 0.0763. The Labute approximate surface area is 195 Å². The predicted molar refractivity (Wildman–Crippen MR) is 130 cm³/mol. The second-order valence-corrected chi connectivity index (χ2v) is 8.06. The lowest BCUT2D eigenvalue weighted by atomic mass is 9.96. The predicted octanol–water partition coefficient (Wildman–Crippen LogP) is 6.21. The Morgan fingerprint density at radius 3 is 2.27 bits per heavy atom. The molecule has 0 unspecified atom stereocenters. The fourth-order valence-electron chi connectivity index (χ4n) is 4.14. The van der Waals surface area contributed by atoms with E-state index in [1.165, 1.54) is 11.1 Å². The lowest BCUT2D eigenvalue weighted by Gasteiger charge is -2.21. The van der Waals surface area contributed by atoms with Crippen LogP contribution in [0.5, 0.6) is 23.0 Å². The number of para-hydroxylation sites is 1. The highest BCUT2D eigenvalue weighted by atomic mass is 16.5. The molecular weight excluding hydrogens is 414 g/mol. The van der Waals surface area contributed by atoms with Crippen LogP contribution in [0.3, 0.4) is 0 Å². The first-order chi connectivity index (χ1) is 16.1. The zero-order valence-corrected chi connectivity index (χ0v) is 19.3. The van der Waals surface area contributed by atoms with Crippen LogP contribution in [0.1, 0.15) is 35.7 Å². The molecule has 170 valence electrons. The van der Waals surface area contributed by atoms with Crippen molar-refractivity contribution in [2.75, 3.05) is 27.3 Å². The molecule has 5 heteroatoms. The van der Waals surface area contributed by atoms with E-state index in [9.17, 15) is 4.79 Å². The van der Waals surface area contributed by atoms with E-state index in [0.29, 0.717) is 35.9 Å². The molecule has 0 aromatic heterocycles. The number of ether oxygens (including phenoxy) is 3. The maximum atomic E-state index is 13.3. The van der Waals surface area contributed by atoms with E-state index < -0.39 is 0 Å². The number of benzene rings is 3. The van der Waals surface area contributed by atoms with Crippen molar-refractivity contribution in [2.45, 2.75) is 19.8 Å². The van der Waals surface area contributed by atoms with Gasteiger partial charge in [0, 0.05) is 18.7 Å². The van der Waals surface area contributed by atoms with Crippen LogP contribution in [0.25, 0.3) is 5.57 Å². The van der Waals surface area contributed by atoms with E-state index in [0.717, 1.165) is 24.2 Å². The number of carbonyl (C=O) groups is 1. The van der Waals surface area contributed by atoms with Gasteiger partial charge in [0.2, 0.25) is 0 Å². The number of nitrogens with zero attached hydrogens (tertiary/aromatic N) is 1. The number of hydrogen-bond donors (Lipinski definition) is 0. The van der Waals surface area contributed by atoms with Crippen molar-refractivity contribution in [2.24, 2.45) is 0 Å². The number of hydrogen-bond acceptors (Lipinski definition) is 4. The van der Waals surface area contributed by atoms with E-state index in [4.69, 9.17) is 14.2 Å². The van der Waals surface area contributed by atoms with Crippen molar-refractivity contribution < 1.29 is 19.0 Å². The zero-order chi connectivity index (χ0) is 23.2. The smallest absolute Gasteiger partial charge is 0.254 e. The fraction of sp³-hybridized carbons (Fsp3) is 0.250. The normalized spacial score (nSPS) is 14.0. The Morgan fingerprint density at radius 2 is 1.52 bits per heavy atom. The molecule has 0 radical (unpaired) electrons. The van der Waals surface area contributed by atoms with Gasteiger partial charge in [0.15, 0.2) is 11.5 Å². The van der Waals surface area contributed by atoms with Gasteiger partial charge in [-0.25, -0.2) is 0 Å². The summed E-state index contributed by atoms with van der Waals surface area (Å²) in [7, 11) is 3.28. The van der Waals surface area contributed by atoms with E-state index in [1.807, 2.05) is 71.6 Å². The summed E-state index contributed by atoms with van der Waals surface area (Å²) in [5, 5.41) is 0. The first-order valence-corrected chi connectivity index (χ1v) is 11.1. The van der Waals surface area contributed by atoms with Crippen LogP contribution in [0.15, 0.2) is 78.4 Å². The van der Waals surface area contributed by atoms with E-state index in [2.05, 4.69) is 13.0 Å². The van der Waals surface area contributed by atoms with Gasteiger partial charge in [0.1, 0.15) is 11.5 Å². The summed E-state index contributed by atoms with van der Waals surface area (Å²) in [6.07, 6.45) is 1.61. The van der Waals surface area contributed by atoms with Crippen LogP contribution in [0, 0.1) is 0 Å². The third kappa shape index (κ3) is 5.20. The Kier molecular flexibility index (Phi) is 6.98. The van der Waals surface area contributed by atoms with Gasteiger partial charge in [-0.1, -0.05) is 35.9 Å². The molecule has 0 spiro atoms. The molecule has 0 saturated carbocycles. The number of amides is 1. The Bertz CT molecular complexity index is 1150. The molecule has 0 N–H and O–H groups in total. The van der Waals surface area contributed by atoms with E-state index >= 15 is 0 Å². The van der Waals surface area contributed by atoms with E-state index in [1.54, 1.807) is 14.2 Å². The molecule has 33 heavy (non-hydrogen) atoms. The Morgan fingerprint density at radius 1 is 0.788 bits per heavy atom. The Hall–Kier alpha value is -3.73. The molecular formula is C28H29NO4. The molecule has 0 saturated heterocycles. The minimum atomic E-state index is 0.0230. The minimum Gasteiger partial charge on any atom is -0.493 e. The van der Waals surface area contributed by atoms with Crippen LogP contribution < -0.4 is 14.2 Å². The lowest BCUT2D eigenvalue weighted by Crippen LogP contribution is -2.32. The highest BCUT2D eigenvalue weighted by molar-refractivity contribution is 5.95. The summed E-state index contributed by atoms with van der Waals surface area (Å²) in [6, 6.07) is 23.0. The highest BCUT2D eigenvalue weighted by Gasteiger charge is 2.21. The number of methoxy groups -OCH3 is 2. The molecule has 0 atom stereocenters. The minimum absolute atomic E-state index is 0.0230. The molecule has 1 aliphatic heterocycles. The third-order valence-corrected chi connectivity index (χ3v) is 5.98. The van der Waals surface area contributed by atoms with Crippen LogP contribution in [-0.2, 0) is 0 Å². The van der Waals surface area contributed by atoms with Crippen molar-refractivity contribution in [3.05, 3.63) is 89.5 Å². The standard InChI is InChI=1S/C28H29NO4/c1-20-14-16-29(17-15-25(20)21-12-13-26(31-2)27(19-21)32-3)28(30)22-8-7-11-24(18-22)33-23-9-5-4-6-10-23/h4-13,18-19H,14-17H2,1-3H3. The topological polar surface area (TPSA) is 48.0 Å². The average Bonchev–Trinajstić information content (AvgIpc) is 3.05. The maximum Gasteiger partial charge on any atom is 0.254 e. The summed E-state index contributed by atoms with van der Waals surface area (Å²) in [5.41, 5.74) is 4.29.